The maximum absolute atomic E-state index is 13.9. The number of hydrogen-bond donors (Lipinski definition) is 12. The molecule has 0 aromatic carbocycles. The van der Waals surface area contributed by atoms with Crippen molar-refractivity contribution >= 4 is 89.2 Å². The Morgan fingerprint density at radius 1 is 0.807 bits per heavy atom. The van der Waals surface area contributed by atoms with Crippen LogP contribution < -0.4 is 32.5 Å². The summed E-state index contributed by atoms with van der Waals surface area (Å²) < 4.78 is 112. The molecule has 3 saturated heterocycles. The molecule has 43 heteroatoms. The third kappa shape index (κ3) is 13.2. The second-order valence-corrected chi connectivity index (χ2v) is 25.2. The fourth-order valence-electron chi connectivity index (χ4n) is 9.59. The molecule has 4 unspecified atom stereocenters. The molecule has 0 bridgehead atoms. The number of nitrogens with one attached hydrogen (secondary N) is 3. The van der Waals surface area contributed by atoms with Crippen LogP contribution in [0.5, 0.6) is 0 Å². The van der Waals surface area contributed by atoms with E-state index < -0.39 is 148 Å². The number of phosphoric acid groups is 4. The Morgan fingerprint density at radius 3 is 2.11 bits per heavy atom. The molecule has 0 radical (unpaired) electrons. The maximum Gasteiger partial charge on any atom is 0.490 e. The van der Waals surface area contributed by atoms with E-state index in [-0.39, 0.29) is 40.0 Å². The number of aliphatic hydroxyl groups excluding tert-OH is 3. The number of ether oxygens (including phenoxy) is 4. The molecule has 0 saturated carbocycles. The van der Waals surface area contributed by atoms with Crippen molar-refractivity contribution in [2.24, 2.45) is 18.0 Å². The minimum atomic E-state index is -6.24. The fraction of sp³-hybridized carbons (Fsp3) is 0.575. The number of aliphatic hydroxyl groups is 3. The number of nitrogens with zero attached hydrogens (tertiary/aromatic N) is 10. The number of imidazole rings is 3. The number of fused-ring (bicyclic) bond motifs is 3. The Kier molecular flexibility index (Phi) is 18.0. The first-order valence-electron chi connectivity index (χ1n) is 24.6. The van der Waals surface area contributed by atoms with Crippen LogP contribution in [0.3, 0.4) is 0 Å². The van der Waals surface area contributed by atoms with E-state index in [1.54, 1.807) is 13.3 Å². The highest BCUT2D eigenvalue weighted by Gasteiger charge is 2.54. The van der Waals surface area contributed by atoms with E-state index in [2.05, 4.69) is 48.8 Å². The summed E-state index contributed by atoms with van der Waals surface area (Å²) in [5.41, 5.74) is 10.5. The van der Waals surface area contributed by atoms with Crippen molar-refractivity contribution in [2.45, 2.75) is 86.8 Å². The number of H-pyrrole nitrogens is 2. The predicted molar refractivity (Wildman–Crippen MR) is 277 cm³/mol. The smallest absolute Gasteiger partial charge is 0.387 e. The number of anilines is 2. The van der Waals surface area contributed by atoms with Gasteiger partial charge in [0, 0.05) is 46.8 Å². The second kappa shape index (κ2) is 24.1. The number of aromatic nitrogens is 10. The summed E-state index contributed by atoms with van der Waals surface area (Å²) in [5, 5.41) is 36.4. The minimum absolute atomic E-state index is 0.00418. The van der Waals surface area contributed by atoms with Crippen LogP contribution in [0.1, 0.15) is 43.6 Å². The van der Waals surface area contributed by atoms with Gasteiger partial charge in [-0.25, -0.2) is 37.8 Å². The van der Waals surface area contributed by atoms with E-state index in [0.717, 1.165) is 18.0 Å². The van der Waals surface area contributed by atoms with Gasteiger partial charge in [0.05, 0.1) is 51.3 Å². The molecule has 14 N–H and O–H groups in total. The maximum atomic E-state index is 13.9. The van der Waals surface area contributed by atoms with Crippen molar-refractivity contribution in [1.29, 1.82) is 0 Å². The number of aliphatic imine (C=N–C) groups is 1. The van der Waals surface area contributed by atoms with Gasteiger partial charge in [-0.1, -0.05) is 11.1 Å². The lowest BCUT2D eigenvalue weighted by Gasteiger charge is -2.26. The summed E-state index contributed by atoms with van der Waals surface area (Å²) in [7, 11) is -16.5. The average Bonchev–Trinajstić information content (AvgIpc) is 2.36. The van der Waals surface area contributed by atoms with Crippen molar-refractivity contribution in [2.75, 3.05) is 59.5 Å². The van der Waals surface area contributed by atoms with Gasteiger partial charge in [-0.05, 0) is 12.8 Å². The van der Waals surface area contributed by atoms with Gasteiger partial charge in [0.2, 0.25) is 23.6 Å². The van der Waals surface area contributed by atoms with Crippen LogP contribution >= 0.6 is 31.3 Å². The summed E-state index contributed by atoms with van der Waals surface area (Å²) in [6.07, 6.45) is -10.2. The lowest BCUT2D eigenvalue weighted by atomic mass is 9.94. The highest BCUT2D eigenvalue weighted by molar-refractivity contribution is 7.66. The standard InChI is InChI=1S/C40H57N15O24P4/c1-43-18-8-6-7-9-44-31-23(18)45-14-53(31)38-30(70-5)29(77-80(62,63)71-12-20-27(58)28(59)37(75-20)54-15-46-24-32(54)47-39(41)49-34(24)60)21(76-38)13-73-82(66,67)79-83(68,69)78-81(64,65)72-11-19-17(10-22(56)51(2)3)26(57)36(74-19)55-16-52(4)25-33(55)48-40(42)50-35(25)61/h8-9,14-17,19-21,26-30,36-38,43,57-59H,6-7,10-13H2,1-5H3,(H9-,41,42,47,48,49,50,60,61,62,63,64,65,66,67,68,69)/p+1/b18-8+,44-9?/t17-,19-,20-,21-,26-,27-,28-,29-,30-,36-,37-,38-/m1/s1. The molecular weight excluding hydrogens is 1200 g/mol. The quantitative estimate of drug-likeness (QED) is 0.0253. The SMILES string of the molecule is CN/C1=C/CCC=Nc2c1ncn2[C@@H]1O[C@H](COP(=O)(O)OP(=O)(O)OP(=O)(O)OC[C@H]2O[C@@H]([n+]3cn(C)c4c(=O)[nH]c(N)nc43)[C@H](O)[C@@H]2CC(=O)N(C)C)[C@@H](OP(=O)(O)OC[C@H]2O[C@@H](n3cnc4c(=O)[nH]c(N)nc43)[C@H](O)[C@@H]2O)[C@H]1OC. The zero-order chi connectivity index (χ0) is 60.2. The summed E-state index contributed by atoms with van der Waals surface area (Å²) in [6, 6.07) is 0. The third-order valence-corrected chi connectivity index (χ3v) is 18.7. The first-order chi connectivity index (χ1) is 39.0. The van der Waals surface area contributed by atoms with Gasteiger partial charge < -0.3 is 75.5 Å². The Bertz CT molecular complexity index is 3650. The number of carbonyl (C=O) groups excluding carboxylic acids is 1. The van der Waals surface area contributed by atoms with Crippen LogP contribution in [0, 0.1) is 5.92 Å². The molecular formula is C40H58N15O24P4+. The molecule has 456 valence electrons. The lowest BCUT2D eigenvalue weighted by Crippen LogP contribution is -2.45. The average molecular weight is 1260 g/mol. The number of hydrogen-bond acceptors (Lipinski definition) is 28. The highest BCUT2D eigenvalue weighted by atomic mass is 31.3. The number of aryl methyl sites for hydroxylation is 1. The van der Waals surface area contributed by atoms with E-state index in [4.69, 9.17) is 48.5 Å². The monoisotopic (exact) mass is 1260 g/mol. The van der Waals surface area contributed by atoms with Crippen molar-refractivity contribution in [3.8, 4) is 0 Å². The Morgan fingerprint density at radius 2 is 1.43 bits per heavy atom. The summed E-state index contributed by atoms with van der Waals surface area (Å²) in [4.78, 5) is 108. The number of carbonyl (C=O) groups is 1. The van der Waals surface area contributed by atoms with Gasteiger partial charge >= 0.3 is 36.9 Å². The fourth-order valence-corrected chi connectivity index (χ4v) is 14.1. The molecule has 9 rings (SSSR count). The first-order valence-corrected chi connectivity index (χ1v) is 30.5. The van der Waals surface area contributed by atoms with E-state index in [0.29, 0.717) is 24.2 Å². The summed E-state index contributed by atoms with van der Waals surface area (Å²) in [6.45, 7) is -3.28. The summed E-state index contributed by atoms with van der Waals surface area (Å²) in [5.74, 6) is -2.23. The molecule has 3 fully saturated rings. The number of aromatic amines is 2. The Labute approximate surface area is 465 Å². The van der Waals surface area contributed by atoms with Crippen LogP contribution in [-0.4, -0.2) is 192 Å². The highest BCUT2D eigenvalue weighted by Crippen LogP contribution is 2.68. The Hall–Kier alpha value is -5.57. The van der Waals surface area contributed by atoms with E-state index in [1.807, 2.05) is 6.08 Å². The number of phosphoric ester groups is 3. The number of methoxy groups -OCH3 is 1. The van der Waals surface area contributed by atoms with Crippen LogP contribution in [0.25, 0.3) is 28.0 Å². The molecule has 16 atom stereocenters. The number of amides is 1. The van der Waals surface area contributed by atoms with Crippen LogP contribution in [0.15, 0.2) is 39.6 Å². The lowest BCUT2D eigenvalue weighted by molar-refractivity contribution is -0.745. The molecule has 4 aliphatic rings. The van der Waals surface area contributed by atoms with E-state index >= 15 is 0 Å². The zero-order valence-corrected chi connectivity index (χ0v) is 47.6. The molecule has 0 aliphatic carbocycles. The van der Waals surface area contributed by atoms with Gasteiger partial charge in [-0.2, -0.15) is 13.6 Å². The molecule has 1 amide bonds. The van der Waals surface area contributed by atoms with E-state index in [1.165, 1.54) is 52.4 Å². The molecule has 5 aromatic rings. The van der Waals surface area contributed by atoms with Crippen molar-refractivity contribution < 1.29 is 108 Å². The van der Waals surface area contributed by atoms with Crippen molar-refractivity contribution in [3.63, 3.8) is 0 Å². The molecule has 4 aliphatic heterocycles. The summed E-state index contributed by atoms with van der Waals surface area (Å²) >= 11 is 0. The second-order valence-electron chi connectivity index (χ2n) is 19.1. The number of rotatable bonds is 22. The normalized spacial score (nSPS) is 30.0. The predicted octanol–water partition coefficient (Wildman–Crippen LogP) is -2.45. The van der Waals surface area contributed by atoms with Gasteiger partial charge in [-0.3, -0.25) is 56.1 Å². The molecule has 9 heterocycles. The van der Waals surface area contributed by atoms with Gasteiger partial charge in [0.15, 0.2) is 35.8 Å². The van der Waals surface area contributed by atoms with Crippen LogP contribution in [-0.2, 0) is 75.8 Å². The largest absolute Gasteiger partial charge is 0.490 e. The zero-order valence-electron chi connectivity index (χ0n) is 44.0. The first kappa shape index (κ1) is 62.0. The molecule has 5 aromatic heterocycles. The number of allylic oxidation sites excluding steroid dienone is 1. The topological polar surface area (TPSA) is 535 Å². The van der Waals surface area contributed by atoms with Gasteiger partial charge in [-0.15, -0.1) is 0 Å². The van der Waals surface area contributed by atoms with Gasteiger partial charge in [0.1, 0.15) is 48.4 Å². The molecule has 0 spiro atoms. The van der Waals surface area contributed by atoms with Crippen LogP contribution in [0.4, 0.5) is 17.7 Å². The minimum Gasteiger partial charge on any atom is -0.387 e. The molecule has 39 nitrogen and oxygen atoms in total. The van der Waals surface area contributed by atoms with Crippen molar-refractivity contribution in [1.82, 2.24) is 53.8 Å². The van der Waals surface area contributed by atoms with E-state index in [9.17, 15) is 67.5 Å². The third-order valence-electron chi connectivity index (χ3n) is 13.4. The van der Waals surface area contributed by atoms with Crippen LogP contribution in [0.2, 0.25) is 0 Å². The Balaban J connectivity index is 0.896. The number of nitrogen functional groups attached to an aromatic ring is 2. The van der Waals surface area contributed by atoms with Crippen molar-refractivity contribution in [3.05, 3.63) is 51.5 Å². The van der Waals surface area contributed by atoms with Gasteiger partial charge in [0.25, 0.3) is 17.1 Å². The number of nitrogens with two attached hydrogens (primary N) is 2. The molecule has 83 heavy (non-hydrogen) atoms.